The van der Waals surface area contributed by atoms with E-state index in [0.717, 1.165) is 7.11 Å². The average Bonchev–Trinajstić information content (AvgIpc) is 2.17. The van der Waals surface area contributed by atoms with Crippen molar-refractivity contribution in [1.29, 1.82) is 0 Å². The van der Waals surface area contributed by atoms with Crippen LogP contribution in [0.3, 0.4) is 0 Å². The predicted molar refractivity (Wildman–Crippen MR) is 48.7 cm³/mol. The summed E-state index contributed by atoms with van der Waals surface area (Å²) in [7, 11) is 1.16. The van der Waals surface area contributed by atoms with Gasteiger partial charge in [0.05, 0.1) is 13.5 Å². The lowest BCUT2D eigenvalue weighted by atomic mass is 10.3. The van der Waals surface area contributed by atoms with E-state index < -0.39 is 18.0 Å². The van der Waals surface area contributed by atoms with E-state index in [1.54, 1.807) is 13.8 Å². The number of ether oxygens (including phenoxy) is 3. The highest BCUT2D eigenvalue weighted by Gasteiger charge is 2.20. The Balaban J connectivity index is 4.01. The zero-order valence-electron chi connectivity index (χ0n) is 8.74. The molecular weight excluding hydrogens is 188 g/mol. The van der Waals surface area contributed by atoms with Gasteiger partial charge in [0.2, 0.25) is 5.78 Å². The zero-order valence-corrected chi connectivity index (χ0v) is 8.74. The fourth-order valence-corrected chi connectivity index (χ4v) is 0.886. The number of ketones is 1. The van der Waals surface area contributed by atoms with Gasteiger partial charge < -0.3 is 14.2 Å². The molecule has 0 aromatic carbocycles. The quantitative estimate of drug-likeness (QED) is 0.343. The summed E-state index contributed by atoms with van der Waals surface area (Å²) in [6.45, 7) is 4.43. The molecule has 0 spiro atoms. The monoisotopic (exact) mass is 204 g/mol. The van der Waals surface area contributed by atoms with Gasteiger partial charge >= 0.3 is 5.97 Å². The first-order valence-electron chi connectivity index (χ1n) is 4.50. The van der Waals surface area contributed by atoms with E-state index in [-0.39, 0.29) is 6.42 Å². The zero-order chi connectivity index (χ0) is 11.0. The van der Waals surface area contributed by atoms with Crippen molar-refractivity contribution in [1.82, 2.24) is 0 Å². The van der Waals surface area contributed by atoms with Crippen molar-refractivity contribution in [2.75, 3.05) is 20.3 Å². The molecular formula is C9H16O5. The molecule has 0 aromatic heterocycles. The minimum atomic E-state index is -0.866. The molecule has 0 atom stereocenters. The van der Waals surface area contributed by atoms with Crippen LogP contribution >= 0.6 is 0 Å². The number of carbonyl (C=O) groups excluding carboxylic acids is 2. The standard InChI is InChI=1S/C9H16O5/c1-4-13-8(14-5-2)6-7(10)9(11)12-3/h8H,4-6H2,1-3H3. The minimum absolute atomic E-state index is 0.103. The van der Waals surface area contributed by atoms with Gasteiger partial charge in [-0.3, -0.25) is 4.79 Å². The molecule has 5 nitrogen and oxygen atoms in total. The van der Waals surface area contributed by atoms with E-state index in [4.69, 9.17) is 9.47 Å². The summed E-state index contributed by atoms with van der Waals surface area (Å²) in [4.78, 5) is 21.9. The molecule has 0 fully saturated rings. The molecule has 0 amide bonds. The van der Waals surface area contributed by atoms with Gasteiger partial charge in [-0.2, -0.15) is 0 Å². The van der Waals surface area contributed by atoms with Crippen LogP contribution in [0, 0.1) is 0 Å². The van der Waals surface area contributed by atoms with E-state index >= 15 is 0 Å². The van der Waals surface area contributed by atoms with Crippen molar-refractivity contribution in [2.45, 2.75) is 26.6 Å². The Morgan fingerprint density at radius 1 is 1.14 bits per heavy atom. The summed E-state index contributed by atoms with van der Waals surface area (Å²) in [5.74, 6) is -1.51. The minimum Gasteiger partial charge on any atom is -0.463 e. The number of carbonyl (C=O) groups is 2. The molecule has 0 aliphatic heterocycles. The van der Waals surface area contributed by atoms with Crippen LogP contribution in [0.15, 0.2) is 0 Å². The Kier molecular flexibility index (Phi) is 6.96. The van der Waals surface area contributed by atoms with Gasteiger partial charge in [0, 0.05) is 13.2 Å². The third-order valence-electron chi connectivity index (χ3n) is 1.47. The van der Waals surface area contributed by atoms with Crippen molar-refractivity contribution in [3.63, 3.8) is 0 Å². The van der Waals surface area contributed by atoms with Crippen molar-refractivity contribution in [3.8, 4) is 0 Å². The van der Waals surface area contributed by atoms with Crippen LogP contribution in [-0.4, -0.2) is 38.4 Å². The van der Waals surface area contributed by atoms with Crippen LogP contribution in [-0.2, 0) is 23.8 Å². The second kappa shape index (κ2) is 7.46. The highest BCUT2D eigenvalue weighted by molar-refractivity contribution is 6.33. The molecule has 0 aliphatic carbocycles. The van der Waals surface area contributed by atoms with Crippen molar-refractivity contribution in [2.24, 2.45) is 0 Å². The van der Waals surface area contributed by atoms with Crippen LogP contribution in [0.5, 0.6) is 0 Å². The number of Topliss-reactive ketones (excluding diaryl/α,β-unsaturated/α-hetero) is 1. The van der Waals surface area contributed by atoms with Gasteiger partial charge in [-0.05, 0) is 13.8 Å². The molecule has 0 N–H and O–H groups in total. The van der Waals surface area contributed by atoms with Gasteiger partial charge in [-0.25, -0.2) is 4.79 Å². The van der Waals surface area contributed by atoms with Gasteiger partial charge in [0.25, 0.3) is 0 Å². The second-order valence-corrected chi connectivity index (χ2v) is 2.46. The first kappa shape index (κ1) is 13.1. The third-order valence-corrected chi connectivity index (χ3v) is 1.47. The molecule has 0 aromatic rings. The smallest absolute Gasteiger partial charge is 0.374 e. The Hall–Kier alpha value is -0.940. The number of methoxy groups -OCH3 is 1. The fourth-order valence-electron chi connectivity index (χ4n) is 0.886. The Labute approximate surface area is 83.3 Å². The van der Waals surface area contributed by atoms with Gasteiger partial charge in [-0.1, -0.05) is 0 Å². The highest BCUT2D eigenvalue weighted by Crippen LogP contribution is 2.02. The summed E-state index contributed by atoms with van der Waals surface area (Å²) in [5, 5.41) is 0. The van der Waals surface area contributed by atoms with E-state index in [2.05, 4.69) is 4.74 Å². The van der Waals surface area contributed by atoms with E-state index in [1.165, 1.54) is 0 Å². The molecule has 0 aliphatic rings. The molecule has 5 heteroatoms. The number of hydrogen-bond donors (Lipinski definition) is 0. The highest BCUT2D eigenvalue weighted by atomic mass is 16.7. The molecule has 0 heterocycles. The maximum absolute atomic E-state index is 11.1. The van der Waals surface area contributed by atoms with Crippen LogP contribution in [0.2, 0.25) is 0 Å². The first-order valence-corrected chi connectivity index (χ1v) is 4.50. The lowest BCUT2D eigenvalue weighted by Crippen LogP contribution is -2.26. The van der Waals surface area contributed by atoms with Gasteiger partial charge in [-0.15, -0.1) is 0 Å². The second-order valence-electron chi connectivity index (χ2n) is 2.46. The van der Waals surface area contributed by atoms with Crippen molar-refractivity contribution >= 4 is 11.8 Å². The number of hydrogen-bond acceptors (Lipinski definition) is 5. The molecule has 0 saturated heterocycles. The normalized spacial score (nSPS) is 10.3. The lowest BCUT2D eigenvalue weighted by Gasteiger charge is -2.14. The molecule has 0 unspecified atom stereocenters. The largest absolute Gasteiger partial charge is 0.463 e. The summed E-state index contributed by atoms with van der Waals surface area (Å²) in [5.41, 5.74) is 0. The third kappa shape index (κ3) is 4.94. The maximum Gasteiger partial charge on any atom is 0.374 e. The van der Waals surface area contributed by atoms with Crippen LogP contribution in [0.4, 0.5) is 0 Å². The number of esters is 1. The summed E-state index contributed by atoms with van der Waals surface area (Å²) >= 11 is 0. The lowest BCUT2D eigenvalue weighted by molar-refractivity contribution is -0.164. The molecule has 14 heavy (non-hydrogen) atoms. The van der Waals surface area contributed by atoms with Crippen molar-refractivity contribution in [3.05, 3.63) is 0 Å². The van der Waals surface area contributed by atoms with Crippen LogP contribution < -0.4 is 0 Å². The Morgan fingerprint density at radius 2 is 1.64 bits per heavy atom. The molecule has 0 rings (SSSR count). The maximum atomic E-state index is 11.1. The fraction of sp³-hybridized carbons (Fsp3) is 0.778. The Morgan fingerprint density at radius 3 is 2.00 bits per heavy atom. The van der Waals surface area contributed by atoms with Crippen LogP contribution in [0.25, 0.3) is 0 Å². The first-order chi connectivity index (χ1) is 6.65. The molecule has 82 valence electrons. The molecule has 0 saturated carbocycles. The number of rotatable bonds is 7. The van der Waals surface area contributed by atoms with Crippen LogP contribution in [0.1, 0.15) is 20.3 Å². The predicted octanol–water partition coefficient (Wildman–Crippen LogP) is 0.518. The van der Waals surface area contributed by atoms with Gasteiger partial charge in [0.15, 0.2) is 6.29 Å². The average molecular weight is 204 g/mol. The van der Waals surface area contributed by atoms with E-state index in [0.29, 0.717) is 13.2 Å². The van der Waals surface area contributed by atoms with E-state index in [9.17, 15) is 9.59 Å². The van der Waals surface area contributed by atoms with E-state index in [1.807, 2.05) is 0 Å². The Bertz CT molecular complexity index is 184. The molecule has 0 bridgehead atoms. The topological polar surface area (TPSA) is 61.8 Å². The summed E-state index contributed by atoms with van der Waals surface area (Å²) < 4.78 is 14.5. The SMILES string of the molecule is CCOC(CC(=O)C(=O)OC)OCC. The molecule has 0 radical (unpaired) electrons. The van der Waals surface area contributed by atoms with Gasteiger partial charge in [0.1, 0.15) is 0 Å². The summed E-state index contributed by atoms with van der Waals surface area (Å²) in [6.07, 6.45) is -0.759. The summed E-state index contributed by atoms with van der Waals surface area (Å²) in [6, 6.07) is 0. The van der Waals surface area contributed by atoms with Crippen molar-refractivity contribution < 1.29 is 23.8 Å².